The van der Waals surface area contributed by atoms with Crippen LogP contribution in [0.3, 0.4) is 0 Å². The van der Waals surface area contributed by atoms with Gasteiger partial charge in [0.25, 0.3) is 0 Å². The number of hydrogen-bond acceptors (Lipinski definition) is 1. The Morgan fingerprint density at radius 2 is 1.38 bits per heavy atom. The van der Waals surface area contributed by atoms with Crippen molar-refractivity contribution in [2.24, 2.45) is 5.73 Å². The minimum absolute atomic E-state index is 0.492. The van der Waals surface area contributed by atoms with Crippen molar-refractivity contribution < 1.29 is 8.78 Å². The molecule has 0 bridgehead atoms. The van der Waals surface area contributed by atoms with Gasteiger partial charge in [0.2, 0.25) is 0 Å². The molecule has 0 aromatic heterocycles. The molecule has 0 saturated carbocycles. The Bertz CT molecular complexity index is 817. The van der Waals surface area contributed by atoms with E-state index in [1.54, 1.807) is 0 Å². The molecule has 0 heterocycles. The molecular weight excluding hydrogens is 336 g/mol. The number of hydrogen-bond donors (Lipinski definition) is 1. The lowest BCUT2D eigenvalue weighted by Crippen LogP contribution is -2.12. The molecule has 0 amide bonds. The Morgan fingerprint density at radius 3 is 2.14 bits per heavy atom. The van der Waals surface area contributed by atoms with Crippen molar-refractivity contribution >= 4 is 26.7 Å². The molecule has 0 spiro atoms. The molecule has 0 aliphatic heterocycles. The third kappa shape index (κ3) is 2.82. The van der Waals surface area contributed by atoms with E-state index < -0.39 is 17.7 Å². The molecule has 21 heavy (non-hydrogen) atoms. The van der Waals surface area contributed by atoms with Gasteiger partial charge in [-0.15, -0.1) is 0 Å². The molecule has 2 N–H and O–H groups in total. The van der Waals surface area contributed by atoms with Gasteiger partial charge in [0.05, 0.1) is 6.04 Å². The smallest absolute Gasteiger partial charge is 0.159 e. The normalized spacial score (nSPS) is 12.6. The van der Waals surface area contributed by atoms with E-state index in [2.05, 4.69) is 15.9 Å². The Labute approximate surface area is 129 Å². The molecular formula is C17H12BrF2N. The minimum atomic E-state index is -0.882. The molecule has 1 nitrogen and oxygen atoms in total. The van der Waals surface area contributed by atoms with E-state index in [1.165, 1.54) is 6.07 Å². The van der Waals surface area contributed by atoms with E-state index in [4.69, 9.17) is 5.73 Å². The third-order valence-electron chi connectivity index (χ3n) is 3.49. The molecule has 106 valence electrons. The summed E-state index contributed by atoms with van der Waals surface area (Å²) in [6, 6.07) is 15.1. The second-order valence-electron chi connectivity index (χ2n) is 4.90. The van der Waals surface area contributed by atoms with Gasteiger partial charge >= 0.3 is 0 Å². The molecule has 3 aromatic carbocycles. The zero-order valence-electron chi connectivity index (χ0n) is 11.0. The van der Waals surface area contributed by atoms with Gasteiger partial charge in [0.1, 0.15) is 0 Å². The van der Waals surface area contributed by atoms with Crippen molar-refractivity contribution in [3.05, 3.63) is 81.8 Å². The van der Waals surface area contributed by atoms with Crippen LogP contribution < -0.4 is 5.73 Å². The summed E-state index contributed by atoms with van der Waals surface area (Å²) in [5.74, 6) is -1.75. The molecule has 0 fully saturated rings. The fourth-order valence-corrected chi connectivity index (χ4v) is 2.71. The van der Waals surface area contributed by atoms with Gasteiger partial charge in [0.15, 0.2) is 11.6 Å². The molecule has 1 atom stereocenters. The number of benzene rings is 3. The SMILES string of the molecule is NC(c1ccc(F)c(F)c1)c1ccc2cc(Br)ccc2c1. The fraction of sp³-hybridized carbons (Fsp3) is 0.0588. The van der Waals surface area contributed by atoms with Crippen LogP contribution in [0.5, 0.6) is 0 Å². The van der Waals surface area contributed by atoms with Crippen molar-refractivity contribution in [3.63, 3.8) is 0 Å². The summed E-state index contributed by atoms with van der Waals surface area (Å²) in [6.45, 7) is 0. The highest BCUT2D eigenvalue weighted by Gasteiger charge is 2.12. The van der Waals surface area contributed by atoms with Crippen LogP contribution >= 0.6 is 15.9 Å². The second kappa shape index (κ2) is 5.54. The first-order chi connectivity index (χ1) is 10.0. The molecule has 4 heteroatoms. The van der Waals surface area contributed by atoms with Gasteiger partial charge in [0, 0.05) is 4.47 Å². The molecule has 1 unspecified atom stereocenters. The summed E-state index contributed by atoms with van der Waals surface area (Å²) in [5.41, 5.74) is 7.56. The maximum atomic E-state index is 13.3. The predicted octanol–water partition coefficient (Wildman–Crippen LogP) is 4.93. The van der Waals surface area contributed by atoms with Crippen LogP contribution in [0.4, 0.5) is 8.78 Å². The number of rotatable bonds is 2. The van der Waals surface area contributed by atoms with Gasteiger partial charge in [-0.2, -0.15) is 0 Å². The first kappa shape index (κ1) is 14.2. The van der Waals surface area contributed by atoms with E-state index in [9.17, 15) is 8.78 Å². The second-order valence-corrected chi connectivity index (χ2v) is 5.82. The van der Waals surface area contributed by atoms with E-state index in [-0.39, 0.29) is 0 Å². The molecule has 0 saturated heterocycles. The highest BCUT2D eigenvalue weighted by molar-refractivity contribution is 9.10. The van der Waals surface area contributed by atoms with Crippen molar-refractivity contribution in [2.45, 2.75) is 6.04 Å². The van der Waals surface area contributed by atoms with Crippen molar-refractivity contribution in [3.8, 4) is 0 Å². The number of halogens is 3. The zero-order valence-corrected chi connectivity index (χ0v) is 12.6. The van der Waals surface area contributed by atoms with Gasteiger partial charge in [-0.25, -0.2) is 8.78 Å². The summed E-state index contributed by atoms with van der Waals surface area (Å²) in [4.78, 5) is 0. The van der Waals surface area contributed by atoms with Crippen molar-refractivity contribution in [1.29, 1.82) is 0 Å². The number of fused-ring (bicyclic) bond motifs is 1. The quantitative estimate of drug-likeness (QED) is 0.698. The lowest BCUT2D eigenvalue weighted by atomic mass is 9.97. The van der Waals surface area contributed by atoms with Crippen molar-refractivity contribution in [2.75, 3.05) is 0 Å². The molecule has 0 radical (unpaired) electrons. The Hall–Kier alpha value is -1.78. The molecule has 3 rings (SSSR count). The maximum Gasteiger partial charge on any atom is 0.159 e. The maximum absolute atomic E-state index is 13.3. The van der Waals surface area contributed by atoms with E-state index in [0.717, 1.165) is 32.9 Å². The lowest BCUT2D eigenvalue weighted by Gasteiger charge is -2.14. The van der Waals surface area contributed by atoms with Gasteiger partial charge < -0.3 is 5.73 Å². The monoisotopic (exact) mass is 347 g/mol. The molecule has 0 aliphatic carbocycles. The Balaban J connectivity index is 2.02. The molecule has 0 aliphatic rings. The molecule has 3 aromatic rings. The summed E-state index contributed by atoms with van der Waals surface area (Å²) in [6.07, 6.45) is 0. The van der Waals surface area contributed by atoms with Crippen LogP contribution in [0.1, 0.15) is 17.2 Å². The van der Waals surface area contributed by atoms with Crippen LogP contribution in [0, 0.1) is 11.6 Å². The highest BCUT2D eigenvalue weighted by atomic mass is 79.9. The minimum Gasteiger partial charge on any atom is -0.320 e. The average molecular weight is 348 g/mol. The summed E-state index contributed by atoms with van der Waals surface area (Å²) >= 11 is 3.43. The van der Waals surface area contributed by atoms with Crippen LogP contribution in [-0.4, -0.2) is 0 Å². The van der Waals surface area contributed by atoms with Crippen LogP contribution in [0.25, 0.3) is 10.8 Å². The van der Waals surface area contributed by atoms with Crippen LogP contribution in [0.15, 0.2) is 59.1 Å². The zero-order chi connectivity index (χ0) is 15.0. The van der Waals surface area contributed by atoms with Crippen LogP contribution in [0.2, 0.25) is 0 Å². The topological polar surface area (TPSA) is 26.0 Å². The Morgan fingerprint density at radius 1 is 0.762 bits per heavy atom. The third-order valence-corrected chi connectivity index (χ3v) is 3.98. The van der Waals surface area contributed by atoms with Gasteiger partial charge in [-0.05, 0) is 52.2 Å². The van der Waals surface area contributed by atoms with E-state index in [1.807, 2.05) is 36.4 Å². The van der Waals surface area contributed by atoms with Gasteiger partial charge in [-0.1, -0.05) is 40.2 Å². The summed E-state index contributed by atoms with van der Waals surface area (Å²) in [7, 11) is 0. The average Bonchev–Trinajstić information content (AvgIpc) is 2.49. The lowest BCUT2D eigenvalue weighted by molar-refractivity contribution is 0.506. The number of nitrogens with two attached hydrogens (primary N) is 1. The van der Waals surface area contributed by atoms with E-state index in [0.29, 0.717) is 5.56 Å². The predicted molar refractivity (Wildman–Crippen MR) is 84.0 cm³/mol. The summed E-state index contributed by atoms with van der Waals surface area (Å²) in [5, 5.41) is 2.14. The van der Waals surface area contributed by atoms with E-state index >= 15 is 0 Å². The largest absolute Gasteiger partial charge is 0.320 e. The first-order valence-corrected chi connectivity index (χ1v) is 7.23. The van der Waals surface area contributed by atoms with Gasteiger partial charge in [-0.3, -0.25) is 0 Å². The standard InChI is InChI=1S/C17H12BrF2N/c18-14-5-3-10-7-12(2-1-11(10)8-14)17(21)13-4-6-15(19)16(20)9-13/h1-9,17H,21H2. The first-order valence-electron chi connectivity index (χ1n) is 6.44. The van der Waals surface area contributed by atoms with Crippen LogP contribution in [-0.2, 0) is 0 Å². The van der Waals surface area contributed by atoms with Crippen molar-refractivity contribution in [1.82, 2.24) is 0 Å². The Kier molecular flexibility index (Phi) is 3.74. The highest BCUT2D eigenvalue weighted by Crippen LogP contribution is 2.26. The summed E-state index contributed by atoms with van der Waals surface area (Å²) < 4.78 is 27.3. The fourth-order valence-electron chi connectivity index (χ4n) is 2.33.